The summed E-state index contributed by atoms with van der Waals surface area (Å²) in [6.07, 6.45) is -1.99. The number of fused-ring (bicyclic) bond motifs is 1. The van der Waals surface area contributed by atoms with Gasteiger partial charge in [0.15, 0.2) is 17.7 Å². The highest BCUT2D eigenvalue weighted by molar-refractivity contribution is 7.99. The lowest BCUT2D eigenvalue weighted by Gasteiger charge is -2.49. The van der Waals surface area contributed by atoms with Crippen LogP contribution in [0.5, 0.6) is 0 Å². The largest absolute Gasteiger partial charge is 0.458 e. The Morgan fingerprint density at radius 3 is 2.17 bits per heavy atom. The molecule has 9 unspecified atom stereocenters. The molecule has 0 aromatic rings. The Kier molecular flexibility index (Phi) is 15.3. The summed E-state index contributed by atoms with van der Waals surface area (Å²) < 4.78 is 44.9. The first-order valence-corrected chi connectivity index (χ1v) is 20.3. The number of rotatable bonds is 10. The highest BCUT2D eigenvalue weighted by Gasteiger charge is 2.61. The molecule has 0 bridgehead atoms. The smallest absolute Gasteiger partial charge is 0.320 e. The van der Waals surface area contributed by atoms with Crippen LogP contribution >= 0.6 is 11.8 Å². The molecule has 0 aromatic heterocycles. The van der Waals surface area contributed by atoms with Gasteiger partial charge in [-0.1, -0.05) is 27.7 Å². The van der Waals surface area contributed by atoms with Gasteiger partial charge in [-0.15, -0.1) is 11.8 Å². The van der Waals surface area contributed by atoms with E-state index in [-0.39, 0.29) is 30.5 Å². The van der Waals surface area contributed by atoms with E-state index < -0.39 is 94.5 Å². The molecule has 0 amide bonds. The van der Waals surface area contributed by atoms with Gasteiger partial charge in [-0.3, -0.25) is 14.4 Å². The fourth-order valence-corrected chi connectivity index (χ4v) is 10.1. The fourth-order valence-electron chi connectivity index (χ4n) is 9.09. The van der Waals surface area contributed by atoms with Gasteiger partial charge in [-0.25, -0.2) is 0 Å². The first-order valence-electron chi connectivity index (χ1n) is 19.0. The molecule has 13 heteroatoms. The maximum Gasteiger partial charge on any atom is 0.320 e. The second-order valence-electron chi connectivity index (χ2n) is 16.9. The molecule has 12 nitrogen and oxygen atoms in total. The van der Waals surface area contributed by atoms with E-state index in [0.29, 0.717) is 12.8 Å². The van der Waals surface area contributed by atoms with Crippen molar-refractivity contribution >= 4 is 29.5 Å². The van der Waals surface area contributed by atoms with Gasteiger partial charge in [-0.05, 0) is 95.0 Å². The molecule has 52 heavy (non-hydrogen) atoms. The predicted molar refractivity (Wildman–Crippen MR) is 200 cm³/mol. The second kappa shape index (κ2) is 17.6. The first-order chi connectivity index (χ1) is 24.0. The lowest BCUT2D eigenvalue weighted by Crippen LogP contribution is -2.60. The first kappa shape index (κ1) is 45.1. The number of thioether (sulfide) groups is 1. The van der Waals surface area contributed by atoms with Crippen molar-refractivity contribution in [3.05, 3.63) is 0 Å². The average Bonchev–Trinajstić information content (AvgIpc) is 3.32. The molecule has 0 aliphatic carbocycles. The Morgan fingerprint density at radius 1 is 1.04 bits per heavy atom. The summed E-state index contributed by atoms with van der Waals surface area (Å²) >= 11 is 1.34. The zero-order valence-electron chi connectivity index (χ0n) is 34.6. The number of aliphatic hydroxyl groups excluding tert-OH is 1. The molecular weight excluding hydrogens is 690 g/mol. The molecule has 3 aliphatic rings. The lowest BCUT2D eigenvalue weighted by atomic mass is 9.70. The molecular formula is C39H69NO11S. The van der Waals surface area contributed by atoms with Crippen molar-refractivity contribution in [1.29, 1.82) is 0 Å². The Morgan fingerprint density at radius 2 is 1.65 bits per heavy atom. The van der Waals surface area contributed by atoms with Crippen molar-refractivity contribution in [2.45, 2.75) is 174 Å². The summed E-state index contributed by atoms with van der Waals surface area (Å²) in [4.78, 5) is 44.3. The molecule has 3 aliphatic heterocycles. The second-order valence-corrected chi connectivity index (χ2v) is 17.8. The predicted octanol–water partition coefficient (Wildman–Crippen LogP) is 5.25. The van der Waals surface area contributed by atoms with E-state index >= 15 is 0 Å². The number of Topliss-reactive ketones (excluding diaryl/α,β-unsaturated/α-hetero) is 1. The van der Waals surface area contributed by atoms with Crippen molar-refractivity contribution in [1.82, 2.24) is 4.90 Å². The zero-order valence-corrected chi connectivity index (χ0v) is 35.4. The third kappa shape index (κ3) is 9.54. The van der Waals surface area contributed by atoms with Crippen LogP contribution in [0.2, 0.25) is 0 Å². The van der Waals surface area contributed by atoms with Crippen LogP contribution in [0.4, 0.5) is 0 Å². The van der Waals surface area contributed by atoms with Gasteiger partial charge in [0.1, 0.15) is 23.2 Å². The number of carbonyl (C=O) groups excluding carboxylic acids is 3. The quantitative estimate of drug-likeness (QED) is 0.229. The number of methoxy groups -OCH3 is 1. The van der Waals surface area contributed by atoms with Crippen LogP contribution in [0.25, 0.3) is 0 Å². The molecule has 15 atom stereocenters. The van der Waals surface area contributed by atoms with E-state index in [1.165, 1.54) is 11.8 Å². The van der Waals surface area contributed by atoms with Gasteiger partial charge in [0.25, 0.3) is 0 Å². The number of ketones is 1. The van der Waals surface area contributed by atoms with Gasteiger partial charge < -0.3 is 43.2 Å². The normalized spacial score (nSPS) is 42.9. The fraction of sp³-hybridized carbons (Fsp3) is 0.923. The van der Waals surface area contributed by atoms with Crippen LogP contribution in [0.1, 0.15) is 102 Å². The average molecular weight is 760 g/mol. The van der Waals surface area contributed by atoms with Crippen LogP contribution in [0, 0.1) is 29.6 Å². The molecule has 3 rings (SSSR count). The maximum atomic E-state index is 14.5. The van der Waals surface area contributed by atoms with Crippen LogP contribution in [0.3, 0.4) is 0 Å². The van der Waals surface area contributed by atoms with Gasteiger partial charge in [-0.2, -0.15) is 0 Å². The van der Waals surface area contributed by atoms with E-state index in [1.807, 2.05) is 80.6 Å². The molecule has 0 aromatic carbocycles. The third-order valence-corrected chi connectivity index (χ3v) is 12.7. The Labute approximate surface area is 317 Å². The summed E-state index contributed by atoms with van der Waals surface area (Å²) in [7, 11) is 5.40. The summed E-state index contributed by atoms with van der Waals surface area (Å²) in [5.41, 5.74) is -2.40. The molecule has 3 saturated heterocycles. The van der Waals surface area contributed by atoms with E-state index in [4.69, 9.17) is 33.2 Å². The molecule has 1 N–H and O–H groups in total. The van der Waals surface area contributed by atoms with Gasteiger partial charge >= 0.3 is 11.9 Å². The Hall–Kier alpha value is -1.32. The van der Waals surface area contributed by atoms with Crippen LogP contribution in [-0.2, 0) is 47.5 Å². The van der Waals surface area contributed by atoms with Crippen molar-refractivity contribution in [2.75, 3.05) is 27.5 Å². The number of likely N-dealkylation sites (N-methyl/N-ethyl adjacent to an activating group) is 1. The van der Waals surface area contributed by atoms with E-state index in [2.05, 4.69) is 0 Å². The monoisotopic (exact) mass is 759 g/mol. The lowest BCUT2D eigenvalue weighted by molar-refractivity contribution is -0.315. The number of esters is 2. The SMILES string of the molecule is CC[C@H]1OC(=O)C(C)C(OC(C)(C)OC(C)C)[C@H](C)[C@@H](OC2OC(C)CC(N(C)C)[C@H]2O)C(C)(OC)C[C@@H](C)C(=O)C(C)C2C(SC)C(=O)O[C@@]21C. The number of cyclic esters (lactones) is 1. The van der Waals surface area contributed by atoms with Crippen molar-refractivity contribution in [2.24, 2.45) is 29.6 Å². The molecule has 3 fully saturated rings. The molecule has 0 spiro atoms. The number of nitrogens with zero attached hydrogens (tertiary/aromatic N) is 1. The van der Waals surface area contributed by atoms with Crippen LogP contribution in [-0.4, -0.2) is 126 Å². The summed E-state index contributed by atoms with van der Waals surface area (Å²) in [6, 6.07) is -0.238. The van der Waals surface area contributed by atoms with Gasteiger partial charge in [0, 0.05) is 36.8 Å². The number of aliphatic hydroxyl groups is 1. The maximum absolute atomic E-state index is 14.5. The molecule has 0 saturated carbocycles. The van der Waals surface area contributed by atoms with E-state index in [9.17, 15) is 19.5 Å². The molecule has 3 heterocycles. The van der Waals surface area contributed by atoms with Crippen LogP contribution in [0.15, 0.2) is 0 Å². The van der Waals surface area contributed by atoms with Gasteiger partial charge in [0.2, 0.25) is 0 Å². The Bertz CT molecular complexity index is 1230. The number of ether oxygens (including phenoxy) is 7. The highest BCUT2D eigenvalue weighted by Crippen LogP contribution is 2.49. The van der Waals surface area contributed by atoms with E-state index in [0.717, 1.165) is 0 Å². The topological polar surface area (TPSA) is 139 Å². The standard InChI is InChI=1S/C39H69NO11S/c1-17-27-39(12)28(32(52-16)35(44)51-39)23(6)29(41)21(4)19-38(11,45-15)33(48-36-30(42)26(40(13)14)18-22(5)46-36)24(7)31(25(8)34(43)47-27)50-37(9,10)49-20(2)3/h20-28,30-33,36,42H,17-19H2,1-16H3/t21-,22?,23?,24+,25?,26?,27-,28?,30-,31?,32?,33-,36?,38?,39-/m1/s1. The Balaban J connectivity index is 2.27. The summed E-state index contributed by atoms with van der Waals surface area (Å²) in [6.45, 7) is 22.3. The number of hydrogen-bond donors (Lipinski definition) is 1. The van der Waals surface area contributed by atoms with Crippen molar-refractivity contribution < 1.29 is 52.6 Å². The summed E-state index contributed by atoms with van der Waals surface area (Å²) in [5, 5.41) is 11.0. The number of hydrogen-bond acceptors (Lipinski definition) is 13. The minimum Gasteiger partial charge on any atom is -0.458 e. The highest BCUT2D eigenvalue weighted by atomic mass is 32.2. The van der Waals surface area contributed by atoms with Crippen LogP contribution < -0.4 is 0 Å². The minimum atomic E-state index is -1.25. The van der Waals surface area contributed by atoms with Crippen molar-refractivity contribution in [3.63, 3.8) is 0 Å². The molecule has 0 radical (unpaired) electrons. The zero-order chi connectivity index (χ0) is 39.7. The van der Waals surface area contributed by atoms with Crippen molar-refractivity contribution in [3.8, 4) is 0 Å². The summed E-state index contributed by atoms with van der Waals surface area (Å²) in [5.74, 6) is -5.39. The minimum absolute atomic E-state index is 0.0654. The molecule has 302 valence electrons. The third-order valence-electron chi connectivity index (χ3n) is 11.7. The van der Waals surface area contributed by atoms with E-state index in [1.54, 1.807) is 34.8 Å². The number of carbonyl (C=O) groups is 3. The van der Waals surface area contributed by atoms with Gasteiger partial charge in [0.05, 0.1) is 35.9 Å².